The number of nitrogens with one attached hydrogen (secondary N) is 3. The van der Waals surface area contributed by atoms with Gasteiger partial charge in [-0.15, -0.1) is 0 Å². The molecule has 0 aliphatic carbocycles. The Morgan fingerprint density at radius 2 is 2.21 bits per heavy atom. The summed E-state index contributed by atoms with van der Waals surface area (Å²) in [5.41, 5.74) is 1.99. The number of aromatic nitrogens is 4. The van der Waals surface area contributed by atoms with E-state index in [4.69, 9.17) is 9.26 Å². The Morgan fingerprint density at radius 3 is 3.00 bits per heavy atom. The highest BCUT2D eigenvalue weighted by molar-refractivity contribution is 5.94. The molecule has 3 aromatic rings. The summed E-state index contributed by atoms with van der Waals surface area (Å²) in [6.45, 7) is 0.479. The maximum Gasteiger partial charge on any atom is 0.294 e. The van der Waals surface area contributed by atoms with E-state index in [1.165, 1.54) is 7.05 Å². The van der Waals surface area contributed by atoms with E-state index in [2.05, 4.69) is 30.7 Å². The molecule has 0 spiro atoms. The van der Waals surface area contributed by atoms with Crippen LogP contribution in [0.5, 0.6) is 5.75 Å². The SMILES string of the molecule is CNC(=O)c1noc(-c2nc3c([nH]2)CC(c2cccc(OC)c2)CNC3=O)n1. The molecule has 10 nitrogen and oxygen atoms in total. The molecule has 3 N–H and O–H groups in total. The van der Waals surface area contributed by atoms with Gasteiger partial charge in [0.15, 0.2) is 5.82 Å². The van der Waals surface area contributed by atoms with Crippen LogP contribution in [-0.2, 0) is 6.42 Å². The second-order valence-corrected chi connectivity index (χ2v) is 6.30. The number of rotatable bonds is 4. The van der Waals surface area contributed by atoms with E-state index >= 15 is 0 Å². The molecule has 0 saturated heterocycles. The topological polar surface area (TPSA) is 135 Å². The molecule has 3 heterocycles. The maximum absolute atomic E-state index is 12.5. The van der Waals surface area contributed by atoms with Crippen LogP contribution in [0.25, 0.3) is 11.7 Å². The monoisotopic (exact) mass is 382 g/mol. The molecule has 10 heteroatoms. The Bertz CT molecular complexity index is 1040. The number of amides is 2. The molecule has 0 saturated carbocycles. The summed E-state index contributed by atoms with van der Waals surface area (Å²) in [5.74, 6) is 0.214. The average Bonchev–Trinajstić information content (AvgIpc) is 3.34. The Labute approximate surface area is 159 Å². The first-order valence-electron chi connectivity index (χ1n) is 8.66. The van der Waals surface area contributed by atoms with Crippen LogP contribution in [0, 0.1) is 0 Å². The molecule has 0 bridgehead atoms. The van der Waals surface area contributed by atoms with Gasteiger partial charge >= 0.3 is 0 Å². The van der Waals surface area contributed by atoms with Gasteiger partial charge in [-0.3, -0.25) is 9.59 Å². The predicted molar refractivity (Wildman–Crippen MR) is 97.0 cm³/mol. The van der Waals surface area contributed by atoms with E-state index in [0.717, 1.165) is 11.3 Å². The first kappa shape index (κ1) is 17.7. The lowest BCUT2D eigenvalue weighted by molar-refractivity contribution is 0.0942. The summed E-state index contributed by atoms with van der Waals surface area (Å²) in [6, 6.07) is 7.74. The first-order chi connectivity index (χ1) is 13.6. The van der Waals surface area contributed by atoms with Crippen molar-refractivity contribution in [3.63, 3.8) is 0 Å². The van der Waals surface area contributed by atoms with Crippen LogP contribution >= 0.6 is 0 Å². The molecule has 2 amide bonds. The fraction of sp³-hybridized carbons (Fsp3) is 0.278. The molecule has 0 fully saturated rings. The van der Waals surface area contributed by atoms with Crippen molar-refractivity contribution in [1.82, 2.24) is 30.7 Å². The highest BCUT2D eigenvalue weighted by Crippen LogP contribution is 2.28. The van der Waals surface area contributed by atoms with Crippen LogP contribution in [0.15, 0.2) is 28.8 Å². The highest BCUT2D eigenvalue weighted by atomic mass is 16.5. The summed E-state index contributed by atoms with van der Waals surface area (Å²) in [5, 5.41) is 8.92. The van der Waals surface area contributed by atoms with Crippen molar-refractivity contribution in [3.8, 4) is 17.5 Å². The number of ether oxygens (including phenoxy) is 1. The fourth-order valence-corrected chi connectivity index (χ4v) is 3.12. The quantitative estimate of drug-likeness (QED) is 0.610. The molecule has 28 heavy (non-hydrogen) atoms. The number of aromatic amines is 1. The lowest BCUT2D eigenvalue weighted by Gasteiger charge is -2.15. The third kappa shape index (κ3) is 3.20. The van der Waals surface area contributed by atoms with Crippen LogP contribution in [0.3, 0.4) is 0 Å². The average molecular weight is 382 g/mol. The van der Waals surface area contributed by atoms with Gasteiger partial charge in [-0.2, -0.15) is 4.98 Å². The van der Waals surface area contributed by atoms with Crippen molar-refractivity contribution in [3.05, 3.63) is 47.0 Å². The number of methoxy groups -OCH3 is 1. The van der Waals surface area contributed by atoms with E-state index in [1.54, 1.807) is 7.11 Å². The number of benzene rings is 1. The molecular weight excluding hydrogens is 364 g/mol. The molecular formula is C18H18N6O4. The number of hydrogen-bond donors (Lipinski definition) is 3. The number of carbonyl (C=O) groups is 2. The minimum atomic E-state index is -0.473. The minimum absolute atomic E-state index is 0.0393. The molecule has 1 aliphatic heterocycles. The van der Waals surface area contributed by atoms with Gasteiger partial charge in [0.1, 0.15) is 11.4 Å². The van der Waals surface area contributed by atoms with Gasteiger partial charge in [0.05, 0.1) is 7.11 Å². The van der Waals surface area contributed by atoms with Gasteiger partial charge in [-0.1, -0.05) is 17.3 Å². The smallest absolute Gasteiger partial charge is 0.294 e. The van der Waals surface area contributed by atoms with E-state index in [0.29, 0.717) is 18.7 Å². The normalized spacial score (nSPS) is 16.1. The lowest BCUT2D eigenvalue weighted by Crippen LogP contribution is -2.26. The number of nitrogens with zero attached hydrogens (tertiary/aromatic N) is 3. The summed E-state index contributed by atoms with van der Waals surface area (Å²) in [6.07, 6.45) is 0.560. The van der Waals surface area contributed by atoms with E-state index in [9.17, 15) is 9.59 Å². The number of fused-ring (bicyclic) bond motifs is 1. The van der Waals surface area contributed by atoms with Gasteiger partial charge in [0, 0.05) is 25.2 Å². The van der Waals surface area contributed by atoms with Crippen molar-refractivity contribution >= 4 is 11.8 Å². The highest BCUT2D eigenvalue weighted by Gasteiger charge is 2.28. The Kier molecular flexibility index (Phi) is 4.52. The molecule has 1 atom stereocenters. The van der Waals surface area contributed by atoms with Crippen molar-refractivity contribution in [1.29, 1.82) is 0 Å². The minimum Gasteiger partial charge on any atom is -0.497 e. The van der Waals surface area contributed by atoms with Crippen LogP contribution in [0.4, 0.5) is 0 Å². The Morgan fingerprint density at radius 1 is 1.36 bits per heavy atom. The Hall–Kier alpha value is -3.69. The van der Waals surface area contributed by atoms with Crippen LogP contribution in [-0.4, -0.2) is 52.6 Å². The number of hydrogen-bond acceptors (Lipinski definition) is 7. The Balaban J connectivity index is 1.65. The van der Waals surface area contributed by atoms with Crippen molar-refractivity contribution in [2.75, 3.05) is 20.7 Å². The standard InChI is InChI=1S/C18H18N6O4/c1-19-17(26)14-23-18(28-24-14)15-21-12-7-10(8-20-16(25)13(12)22-15)9-4-3-5-11(6-9)27-2/h3-6,10H,7-8H2,1-2H3,(H,19,26)(H,20,25)(H,21,22). The zero-order valence-corrected chi connectivity index (χ0v) is 15.3. The zero-order chi connectivity index (χ0) is 19.7. The van der Waals surface area contributed by atoms with E-state index in [-0.39, 0.29) is 35.1 Å². The summed E-state index contributed by atoms with van der Waals surface area (Å²) in [4.78, 5) is 35.5. The van der Waals surface area contributed by atoms with Gasteiger partial charge in [-0.25, -0.2) is 4.98 Å². The van der Waals surface area contributed by atoms with Crippen molar-refractivity contribution < 1.29 is 18.8 Å². The second-order valence-electron chi connectivity index (χ2n) is 6.30. The van der Waals surface area contributed by atoms with Crippen molar-refractivity contribution in [2.45, 2.75) is 12.3 Å². The molecule has 4 rings (SSSR count). The fourth-order valence-electron chi connectivity index (χ4n) is 3.12. The molecule has 144 valence electrons. The van der Waals surface area contributed by atoms with Gasteiger partial charge in [-0.05, 0) is 24.1 Å². The number of imidazole rings is 1. The van der Waals surface area contributed by atoms with Crippen molar-refractivity contribution in [2.24, 2.45) is 0 Å². The third-order valence-corrected chi connectivity index (χ3v) is 4.58. The molecule has 1 unspecified atom stereocenters. The third-order valence-electron chi connectivity index (χ3n) is 4.58. The lowest BCUT2D eigenvalue weighted by atomic mass is 9.94. The van der Waals surface area contributed by atoms with Crippen LogP contribution < -0.4 is 15.4 Å². The predicted octanol–water partition coefficient (Wildman–Crippen LogP) is 0.898. The molecule has 2 aromatic heterocycles. The second kappa shape index (κ2) is 7.14. The number of H-pyrrole nitrogens is 1. The zero-order valence-electron chi connectivity index (χ0n) is 15.3. The molecule has 1 aromatic carbocycles. The van der Waals surface area contributed by atoms with Gasteiger partial charge in [0.2, 0.25) is 0 Å². The van der Waals surface area contributed by atoms with E-state index < -0.39 is 5.91 Å². The van der Waals surface area contributed by atoms with Crippen LogP contribution in [0.2, 0.25) is 0 Å². The van der Waals surface area contributed by atoms with E-state index in [1.807, 2.05) is 24.3 Å². The number of carbonyl (C=O) groups excluding carboxylic acids is 2. The summed E-state index contributed by atoms with van der Waals surface area (Å²) >= 11 is 0. The van der Waals surface area contributed by atoms with Gasteiger partial charge in [0.25, 0.3) is 23.5 Å². The maximum atomic E-state index is 12.5. The van der Waals surface area contributed by atoms with Gasteiger partial charge < -0.3 is 24.9 Å². The largest absolute Gasteiger partial charge is 0.497 e. The first-order valence-corrected chi connectivity index (χ1v) is 8.66. The molecule has 1 aliphatic rings. The summed E-state index contributed by atoms with van der Waals surface area (Å²) < 4.78 is 10.4. The molecule has 0 radical (unpaired) electrons. The van der Waals surface area contributed by atoms with Crippen LogP contribution in [0.1, 0.15) is 38.3 Å². The summed E-state index contributed by atoms with van der Waals surface area (Å²) in [7, 11) is 3.08.